The van der Waals surface area contributed by atoms with Gasteiger partial charge >= 0.3 is 0 Å². The van der Waals surface area contributed by atoms with Crippen molar-refractivity contribution in [3.63, 3.8) is 0 Å². The molecule has 1 aliphatic carbocycles. The zero-order valence-corrected chi connectivity index (χ0v) is 12.8. The Morgan fingerprint density at radius 2 is 1.72 bits per heavy atom. The smallest absolute Gasteiger partial charge is 0.0218 e. The summed E-state index contributed by atoms with van der Waals surface area (Å²) in [4.78, 5) is 2.80. The molecule has 0 aromatic carbocycles. The van der Waals surface area contributed by atoms with Gasteiger partial charge in [0.25, 0.3) is 0 Å². The first kappa shape index (κ1) is 14.3. The quantitative estimate of drug-likeness (QED) is 0.812. The van der Waals surface area contributed by atoms with Crippen LogP contribution < -0.4 is 5.32 Å². The lowest BCUT2D eigenvalue weighted by Gasteiger charge is -2.40. The normalized spacial score (nSPS) is 39.8. The molecule has 0 bridgehead atoms. The second-order valence-corrected chi connectivity index (χ2v) is 7.22. The van der Waals surface area contributed by atoms with Gasteiger partial charge in [-0.25, -0.2) is 0 Å². The predicted molar refractivity (Wildman–Crippen MR) is 78.8 cm³/mol. The Hall–Kier alpha value is -0.0800. The van der Waals surface area contributed by atoms with Crippen molar-refractivity contribution < 1.29 is 0 Å². The van der Waals surface area contributed by atoms with Gasteiger partial charge in [0.2, 0.25) is 0 Å². The molecule has 0 amide bonds. The third-order valence-electron chi connectivity index (χ3n) is 4.93. The van der Waals surface area contributed by atoms with Gasteiger partial charge < -0.3 is 5.32 Å². The van der Waals surface area contributed by atoms with Crippen LogP contribution in [0.1, 0.15) is 53.4 Å². The first-order valence-electron chi connectivity index (χ1n) is 8.03. The van der Waals surface area contributed by atoms with Crippen molar-refractivity contribution in [3.8, 4) is 0 Å². The summed E-state index contributed by atoms with van der Waals surface area (Å²) in [6, 6.07) is 1.55. The van der Waals surface area contributed by atoms with E-state index in [0.29, 0.717) is 6.04 Å². The van der Waals surface area contributed by atoms with E-state index >= 15 is 0 Å². The molecule has 3 unspecified atom stereocenters. The molecule has 106 valence electrons. The lowest BCUT2D eigenvalue weighted by molar-refractivity contribution is 0.103. The Bertz CT molecular complexity index is 241. The number of hydrogen-bond donors (Lipinski definition) is 1. The first-order valence-corrected chi connectivity index (χ1v) is 8.03. The molecule has 18 heavy (non-hydrogen) atoms. The van der Waals surface area contributed by atoms with Crippen LogP contribution in [-0.4, -0.2) is 36.6 Å². The van der Waals surface area contributed by atoms with E-state index in [0.717, 1.165) is 23.8 Å². The van der Waals surface area contributed by atoms with Crippen LogP contribution in [0.4, 0.5) is 0 Å². The largest absolute Gasteiger partial charge is 0.312 e. The van der Waals surface area contributed by atoms with E-state index in [1.54, 1.807) is 0 Å². The van der Waals surface area contributed by atoms with Gasteiger partial charge in [-0.05, 0) is 56.5 Å². The fourth-order valence-electron chi connectivity index (χ4n) is 3.96. The molecule has 2 fully saturated rings. The van der Waals surface area contributed by atoms with Crippen molar-refractivity contribution in [2.45, 2.75) is 65.5 Å². The molecule has 0 aromatic rings. The number of nitrogens with one attached hydrogen (secondary N) is 1. The highest BCUT2D eigenvalue weighted by Crippen LogP contribution is 2.32. The molecule has 1 saturated carbocycles. The van der Waals surface area contributed by atoms with Gasteiger partial charge in [0.15, 0.2) is 0 Å². The minimum atomic E-state index is 0.694. The molecule has 0 radical (unpaired) electrons. The second-order valence-electron chi connectivity index (χ2n) is 7.22. The molecule has 1 heterocycles. The molecular formula is C16H32N2. The van der Waals surface area contributed by atoms with Gasteiger partial charge in [-0.15, -0.1) is 0 Å². The van der Waals surface area contributed by atoms with E-state index < -0.39 is 0 Å². The molecule has 1 N–H and O–H groups in total. The third-order valence-corrected chi connectivity index (χ3v) is 4.93. The van der Waals surface area contributed by atoms with E-state index in [9.17, 15) is 0 Å². The van der Waals surface area contributed by atoms with Gasteiger partial charge in [-0.1, -0.05) is 27.7 Å². The second kappa shape index (κ2) is 6.38. The molecule has 0 spiro atoms. The van der Waals surface area contributed by atoms with Gasteiger partial charge in [0.05, 0.1) is 0 Å². The molecule has 1 aliphatic heterocycles. The summed E-state index contributed by atoms with van der Waals surface area (Å²) in [5.41, 5.74) is 0. The first-order chi connectivity index (χ1) is 8.56. The maximum absolute atomic E-state index is 3.73. The van der Waals surface area contributed by atoms with Gasteiger partial charge in [0, 0.05) is 18.6 Å². The van der Waals surface area contributed by atoms with Crippen molar-refractivity contribution in [2.75, 3.05) is 19.6 Å². The van der Waals surface area contributed by atoms with Crippen LogP contribution in [0.2, 0.25) is 0 Å². The fourth-order valence-corrected chi connectivity index (χ4v) is 3.96. The van der Waals surface area contributed by atoms with E-state index in [-0.39, 0.29) is 0 Å². The molecular weight excluding hydrogens is 220 g/mol. The zero-order valence-electron chi connectivity index (χ0n) is 12.8. The Balaban J connectivity index is 1.97. The van der Waals surface area contributed by atoms with Crippen LogP contribution in [0.3, 0.4) is 0 Å². The van der Waals surface area contributed by atoms with E-state index in [4.69, 9.17) is 0 Å². The van der Waals surface area contributed by atoms with Crippen LogP contribution >= 0.6 is 0 Å². The number of hydrogen-bond acceptors (Lipinski definition) is 2. The van der Waals surface area contributed by atoms with E-state index in [1.807, 2.05) is 0 Å². The summed E-state index contributed by atoms with van der Waals surface area (Å²) < 4.78 is 0. The van der Waals surface area contributed by atoms with Crippen LogP contribution in [0.25, 0.3) is 0 Å². The van der Waals surface area contributed by atoms with Crippen molar-refractivity contribution in [2.24, 2.45) is 17.8 Å². The Labute approximate surface area is 114 Å². The zero-order chi connectivity index (χ0) is 13.1. The minimum Gasteiger partial charge on any atom is -0.312 e. The lowest BCUT2D eigenvalue weighted by Crippen LogP contribution is -2.47. The van der Waals surface area contributed by atoms with Crippen LogP contribution in [0.15, 0.2) is 0 Å². The molecule has 1 saturated heterocycles. The molecule has 2 heteroatoms. The van der Waals surface area contributed by atoms with Crippen LogP contribution in [0.5, 0.6) is 0 Å². The maximum Gasteiger partial charge on any atom is 0.0218 e. The number of nitrogens with zero attached hydrogens (tertiary/aromatic N) is 1. The molecule has 2 nitrogen and oxygen atoms in total. The summed E-state index contributed by atoms with van der Waals surface area (Å²) in [5, 5.41) is 3.73. The summed E-state index contributed by atoms with van der Waals surface area (Å²) >= 11 is 0. The third kappa shape index (κ3) is 3.71. The van der Waals surface area contributed by atoms with E-state index in [1.165, 1.54) is 45.3 Å². The predicted octanol–water partition coefficient (Wildman–Crippen LogP) is 3.13. The molecule has 2 aliphatic rings. The molecule has 2 rings (SSSR count). The Kier molecular flexibility index (Phi) is 5.08. The number of rotatable bonds is 2. The van der Waals surface area contributed by atoms with Gasteiger partial charge in [-0.3, -0.25) is 4.90 Å². The Morgan fingerprint density at radius 1 is 1.06 bits per heavy atom. The average Bonchev–Trinajstić information content (AvgIpc) is 2.53. The topological polar surface area (TPSA) is 15.3 Å². The standard InChI is InChI=1S/C16H32N2/c1-12(2)16-11-18(7-5-6-17-16)15-9-13(3)8-14(4)10-15/h12-17H,5-11H2,1-4H3. The summed E-state index contributed by atoms with van der Waals surface area (Å²) in [6.45, 7) is 13.4. The summed E-state index contributed by atoms with van der Waals surface area (Å²) in [7, 11) is 0. The maximum atomic E-state index is 3.73. The van der Waals surface area contributed by atoms with Gasteiger partial charge in [0.1, 0.15) is 0 Å². The molecule has 0 aromatic heterocycles. The highest BCUT2D eigenvalue weighted by atomic mass is 15.2. The average molecular weight is 252 g/mol. The van der Waals surface area contributed by atoms with Crippen molar-refractivity contribution >= 4 is 0 Å². The SMILES string of the molecule is CC1CC(C)CC(N2CCCNC(C(C)C)C2)C1. The summed E-state index contributed by atoms with van der Waals surface area (Å²) in [5.74, 6) is 2.60. The van der Waals surface area contributed by atoms with Crippen molar-refractivity contribution in [1.29, 1.82) is 0 Å². The highest BCUT2D eigenvalue weighted by molar-refractivity contribution is 4.87. The minimum absolute atomic E-state index is 0.694. The summed E-state index contributed by atoms with van der Waals surface area (Å²) in [6.07, 6.45) is 5.61. The Morgan fingerprint density at radius 3 is 2.33 bits per heavy atom. The van der Waals surface area contributed by atoms with Crippen LogP contribution in [-0.2, 0) is 0 Å². The lowest BCUT2D eigenvalue weighted by atomic mass is 9.79. The monoisotopic (exact) mass is 252 g/mol. The van der Waals surface area contributed by atoms with Crippen molar-refractivity contribution in [1.82, 2.24) is 10.2 Å². The molecule has 3 atom stereocenters. The fraction of sp³-hybridized carbons (Fsp3) is 1.00. The van der Waals surface area contributed by atoms with Gasteiger partial charge in [-0.2, -0.15) is 0 Å². The van der Waals surface area contributed by atoms with Crippen molar-refractivity contribution in [3.05, 3.63) is 0 Å². The van der Waals surface area contributed by atoms with Crippen LogP contribution in [0, 0.1) is 17.8 Å². The van der Waals surface area contributed by atoms with E-state index in [2.05, 4.69) is 37.9 Å². The highest BCUT2D eigenvalue weighted by Gasteiger charge is 2.31.